The molecule has 2 aliphatic carbocycles. The van der Waals surface area contributed by atoms with E-state index >= 15 is 0 Å². The summed E-state index contributed by atoms with van der Waals surface area (Å²) in [6.07, 6.45) is 10.9. The number of amides is 2. The summed E-state index contributed by atoms with van der Waals surface area (Å²) in [5, 5.41) is 29.1. The third-order valence-electron chi connectivity index (χ3n) is 8.95. The van der Waals surface area contributed by atoms with Gasteiger partial charge in [-0.1, -0.05) is 24.2 Å². The summed E-state index contributed by atoms with van der Waals surface area (Å²) in [5.74, 6) is 0.858. The van der Waals surface area contributed by atoms with Gasteiger partial charge in [-0.05, 0) is 91.3 Å². The molecule has 0 saturated heterocycles. The standard InChI is InChI=1S/C35H48N10O3S/c1-20(2)38-28-17-29(36-19-25(28)32-43-42-31(49-32)22-11-13-23(14-12-22)39-21(3)46)30-16-15-24-18-37-33(44-45(24)30)40-26-9-7-8-10-27(26)41-34(47)48-35(4,5)6/h15-20,22-23,26-27H,7-14H2,1-6H3,(H,36,38)(H,39,46)(H,40,44)(H,41,47)/t22?,23?,26-,27+/m1/s1. The predicted molar refractivity (Wildman–Crippen MR) is 192 cm³/mol. The summed E-state index contributed by atoms with van der Waals surface area (Å²) >= 11 is 1.62. The van der Waals surface area contributed by atoms with E-state index in [-0.39, 0.29) is 30.1 Å². The Bertz CT molecular complexity index is 1770. The number of hydrogen-bond donors (Lipinski definition) is 4. The smallest absolute Gasteiger partial charge is 0.407 e. The Morgan fingerprint density at radius 1 is 0.959 bits per heavy atom. The van der Waals surface area contributed by atoms with E-state index < -0.39 is 11.7 Å². The summed E-state index contributed by atoms with van der Waals surface area (Å²) in [6.45, 7) is 11.4. The fourth-order valence-electron chi connectivity index (χ4n) is 6.74. The Labute approximate surface area is 291 Å². The highest BCUT2D eigenvalue weighted by Gasteiger charge is 2.30. The van der Waals surface area contributed by atoms with Crippen LogP contribution in [0, 0.1) is 0 Å². The largest absolute Gasteiger partial charge is 0.444 e. The molecule has 2 fully saturated rings. The highest BCUT2D eigenvalue weighted by atomic mass is 32.1. The summed E-state index contributed by atoms with van der Waals surface area (Å²) < 4.78 is 7.38. The van der Waals surface area contributed by atoms with Crippen LogP contribution < -0.4 is 21.3 Å². The van der Waals surface area contributed by atoms with Crippen molar-refractivity contribution in [2.75, 3.05) is 10.6 Å². The fraction of sp³-hybridized carbons (Fsp3) is 0.571. The zero-order valence-corrected chi connectivity index (χ0v) is 30.1. The van der Waals surface area contributed by atoms with Gasteiger partial charge < -0.3 is 26.0 Å². The van der Waals surface area contributed by atoms with E-state index in [2.05, 4.69) is 50.3 Å². The Morgan fingerprint density at radius 2 is 1.71 bits per heavy atom. The molecule has 4 aromatic heterocycles. The second-order valence-electron chi connectivity index (χ2n) is 14.5. The van der Waals surface area contributed by atoms with E-state index in [1.807, 2.05) is 49.7 Å². The van der Waals surface area contributed by atoms with Gasteiger partial charge in [0.15, 0.2) is 5.01 Å². The van der Waals surface area contributed by atoms with Gasteiger partial charge in [0.1, 0.15) is 10.6 Å². The maximum atomic E-state index is 12.6. The first-order chi connectivity index (χ1) is 23.4. The molecule has 13 nitrogen and oxygen atoms in total. The van der Waals surface area contributed by atoms with Crippen LogP contribution in [0.25, 0.3) is 27.5 Å². The van der Waals surface area contributed by atoms with Gasteiger partial charge in [-0.25, -0.2) is 14.3 Å². The number of hydrogen-bond acceptors (Lipinski definition) is 11. The van der Waals surface area contributed by atoms with E-state index in [9.17, 15) is 9.59 Å². The summed E-state index contributed by atoms with van der Waals surface area (Å²) in [7, 11) is 0. The number of alkyl carbamates (subject to hydrolysis) is 1. The lowest BCUT2D eigenvalue weighted by molar-refractivity contribution is -0.119. The van der Waals surface area contributed by atoms with E-state index in [1.54, 1.807) is 24.5 Å². The van der Waals surface area contributed by atoms with Crippen molar-refractivity contribution in [2.45, 2.75) is 129 Å². The maximum Gasteiger partial charge on any atom is 0.407 e. The van der Waals surface area contributed by atoms with Crippen molar-refractivity contribution in [1.29, 1.82) is 0 Å². The average Bonchev–Trinajstić information content (AvgIpc) is 3.69. The van der Waals surface area contributed by atoms with Crippen molar-refractivity contribution in [2.24, 2.45) is 0 Å². The van der Waals surface area contributed by atoms with Crippen molar-refractivity contribution in [3.63, 3.8) is 0 Å². The quantitative estimate of drug-likeness (QED) is 0.152. The van der Waals surface area contributed by atoms with Crippen molar-refractivity contribution < 1.29 is 14.3 Å². The molecule has 6 rings (SSSR count). The van der Waals surface area contributed by atoms with Gasteiger partial charge in [-0.15, -0.1) is 15.3 Å². The van der Waals surface area contributed by atoms with Crippen LogP contribution >= 0.6 is 11.3 Å². The maximum absolute atomic E-state index is 12.6. The summed E-state index contributed by atoms with van der Waals surface area (Å²) in [6, 6.07) is 6.34. The van der Waals surface area contributed by atoms with Gasteiger partial charge in [0.25, 0.3) is 0 Å². The Morgan fingerprint density at radius 3 is 2.43 bits per heavy atom. The molecule has 4 heterocycles. The van der Waals surface area contributed by atoms with Gasteiger partial charge >= 0.3 is 6.09 Å². The molecule has 0 aromatic carbocycles. The van der Waals surface area contributed by atoms with Crippen molar-refractivity contribution >= 4 is 40.5 Å². The van der Waals surface area contributed by atoms with Gasteiger partial charge in [0, 0.05) is 42.9 Å². The number of carbonyl (C=O) groups is 2. The molecule has 2 aliphatic rings. The van der Waals surface area contributed by atoms with Crippen molar-refractivity contribution in [3.8, 4) is 22.0 Å². The van der Waals surface area contributed by atoms with Gasteiger partial charge in [-0.2, -0.15) is 0 Å². The molecule has 2 saturated carbocycles. The van der Waals surface area contributed by atoms with E-state index in [4.69, 9.17) is 14.8 Å². The Hall–Kier alpha value is -4.33. The van der Waals surface area contributed by atoms with Crippen LogP contribution in [-0.2, 0) is 9.53 Å². The second-order valence-corrected chi connectivity index (χ2v) is 15.5. The van der Waals surface area contributed by atoms with E-state index in [0.29, 0.717) is 11.9 Å². The van der Waals surface area contributed by atoms with Crippen LogP contribution in [0.4, 0.5) is 16.4 Å². The minimum absolute atomic E-state index is 0.0268. The van der Waals surface area contributed by atoms with Crippen molar-refractivity contribution in [1.82, 2.24) is 40.4 Å². The molecule has 2 amide bonds. The first-order valence-corrected chi connectivity index (χ1v) is 18.2. The normalized spacial score (nSPS) is 21.4. The predicted octanol–water partition coefficient (Wildman–Crippen LogP) is 6.54. The minimum Gasteiger partial charge on any atom is -0.444 e. The lowest BCUT2D eigenvalue weighted by Crippen LogP contribution is -2.50. The van der Waals surface area contributed by atoms with Crippen LogP contribution in [0.1, 0.15) is 104 Å². The zero-order valence-electron chi connectivity index (χ0n) is 29.2. The molecular weight excluding hydrogens is 641 g/mol. The molecule has 0 spiro atoms. The van der Waals surface area contributed by atoms with Crippen LogP contribution in [0.15, 0.2) is 30.6 Å². The lowest BCUT2D eigenvalue weighted by atomic mass is 9.86. The third kappa shape index (κ3) is 8.64. The number of rotatable bonds is 9. The molecule has 49 heavy (non-hydrogen) atoms. The molecule has 2 atom stereocenters. The SMILES string of the molecule is CC(=O)NC1CCC(c2nnc(-c3cnc(-c4ccc5cnc(N[C@@H]6CCCC[C@@H]6NC(=O)OC(C)(C)C)nn45)cc3NC(C)C)s2)CC1. The van der Waals surface area contributed by atoms with E-state index in [0.717, 1.165) is 89.5 Å². The van der Waals surface area contributed by atoms with E-state index in [1.165, 1.54) is 0 Å². The van der Waals surface area contributed by atoms with Gasteiger partial charge in [0.05, 0.1) is 34.7 Å². The molecule has 4 aromatic rings. The van der Waals surface area contributed by atoms with Crippen LogP contribution in [-0.4, -0.2) is 71.5 Å². The highest BCUT2D eigenvalue weighted by Crippen LogP contribution is 2.39. The fourth-order valence-corrected chi connectivity index (χ4v) is 7.78. The number of nitrogens with zero attached hydrogens (tertiary/aromatic N) is 6. The number of pyridine rings is 1. The monoisotopic (exact) mass is 688 g/mol. The highest BCUT2D eigenvalue weighted by molar-refractivity contribution is 7.14. The first-order valence-electron chi connectivity index (χ1n) is 17.4. The molecule has 0 aliphatic heterocycles. The molecule has 262 valence electrons. The van der Waals surface area contributed by atoms with Crippen LogP contribution in [0.3, 0.4) is 0 Å². The molecule has 0 radical (unpaired) electrons. The van der Waals surface area contributed by atoms with Crippen molar-refractivity contribution in [3.05, 3.63) is 35.6 Å². The number of anilines is 2. The topological polar surface area (TPSA) is 160 Å². The molecule has 0 unspecified atom stereocenters. The lowest BCUT2D eigenvalue weighted by Gasteiger charge is -2.33. The van der Waals surface area contributed by atoms with Crippen LogP contribution in [0.2, 0.25) is 0 Å². The summed E-state index contributed by atoms with van der Waals surface area (Å²) in [5.41, 5.74) is 3.72. The second kappa shape index (κ2) is 14.7. The molecule has 4 N–H and O–H groups in total. The Balaban J connectivity index is 1.21. The number of fused-ring (bicyclic) bond motifs is 1. The molecule has 0 bridgehead atoms. The summed E-state index contributed by atoms with van der Waals surface area (Å²) in [4.78, 5) is 33.5. The number of ether oxygens (including phenoxy) is 1. The number of nitrogens with one attached hydrogen (secondary N) is 4. The number of carbonyl (C=O) groups excluding carboxylic acids is 2. The zero-order chi connectivity index (χ0) is 34.7. The third-order valence-corrected chi connectivity index (χ3v) is 10.1. The minimum atomic E-state index is -0.562. The number of aromatic nitrogens is 6. The molecular formula is C35H48N10O3S. The van der Waals surface area contributed by atoms with Gasteiger partial charge in [0.2, 0.25) is 11.9 Å². The van der Waals surface area contributed by atoms with Crippen LogP contribution in [0.5, 0.6) is 0 Å². The molecule has 14 heteroatoms. The first kappa shape index (κ1) is 34.5. The average molecular weight is 689 g/mol. The van der Waals surface area contributed by atoms with Gasteiger partial charge in [-0.3, -0.25) is 9.78 Å². The Kier molecular flexibility index (Phi) is 10.3.